The maximum Gasteiger partial charge on any atom is 0.140 e. The molecule has 4 heteroatoms. The largest absolute Gasteiger partial charge is 0.232 e. The van der Waals surface area contributed by atoms with E-state index in [2.05, 4.69) is 32.6 Å². The van der Waals surface area contributed by atoms with Gasteiger partial charge in [0.05, 0.1) is 5.52 Å². The SMILES string of the molecule is Clc1nc(C2CC2)nc2ccc(I)cc12. The highest BCUT2D eigenvalue weighted by Crippen LogP contribution is 2.39. The van der Waals surface area contributed by atoms with Crippen molar-refractivity contribution in [3.05, 3.63) is 32.7 Å². The summed E-state index contributed by atoms with van der Waals surface area (Å²) in [5.74, 6) is 1.46. The molecular formula is C11H8ClIN2. The molecule has 1 aliphatic rings. The van der Waals surface area contributed by atoms with Gasteiger partial charge >= 0.3 is 0 Å². The van der Waals surface area contributed by atoms with Crippen molar-refractivity contribution in [2.24, 2.45) is 0 Å². The zero-order valence-electron chi connectivity index (χ0n) is 7.87. The summed E-state index contributed by atoms with van der Waals surface area (Å²) in [6.45, 7) is 0. The van der Waals surface area contributed by atoms with E-state index in [-0.39, 0.29) is 0 Å². The minimum absolute atomic E-state index is 0.547. The van der Waals surface area contributed by atoms with Crippen LogP contribution in [-0.2, 0) is 0 Å². The van der Waals surface area contributed by atoms with Crippen molar-refractivity contribution < 1.29 is 0 Å². The van der Waals surface area contributed by atoms with Crippen molar-refractivity contribution >= 4 is 45.1 Å². The van der Waals surface area contributed by atoms with Gasteiger partial charge in [0.2, 0.25) is 0 Å². The van der Waals surface area contributed by atoms with E-state index in [1.165, 1.54) is 12.8 Å². The van der Waals surface area contributed by atoms with E-state index in [1.807, 2.05) is 18.2 Å². The van der Waals surface area contributed by atoms with E-state index < -0.39 is 0 Å². The zero-order chi connectivity index (χ0) is 10.4. The van der Waals surface area contributed by atoms with Gasteiger partial charge in [-0.3, -0.25) is 0 Å². The third-order valence-corrected chi connectivity index (χ3v) is 3.53. The molecule has 1 saturated carbocycles. The van der Waals surface area contributed by atoms with Crippen LogP contribution >= 0.6 is 34.2 Å². The Kier molecular flexibility index (Phi) is 2.32. The second-order valence-corrected chi connectivity index (χ2v) is 5.41. The molecule has 3 rings (SSSR count). The number of halogens is 2. The molecule has 0 atom stereocenters. The predicted octanol–water partition coefficient (Wildman–Crippen LogP) is 3.77. The summed E-state index contributed by atoms with van der Waals surface area (Å²) in [5.41, 5.74) is 0.956. The number of hydrogen-bond acceptors (Lipinski definition) is 2. The topological polar surface area (TPSA) is 25.8 Å². The minimum atomic E-state index is 0.547. The quantitative estimate of drug-likeness (QED) is 0.588. The lowest BCUT2D eigenvalue weighted by Gasteiger charge is -2.03. The second-order valence-electron chi connectivity index (χ2n) is 3.81. The van der Waals surface area contributed by atoms with Gasteiger partial charge in [0.1, 0.15) is 11.0 Å². The van der Waals surface area contributed by atoms with Crippen LogP contribution in [0, 0.1) is 3.57 Å². The number of nitrogens with zero attached hydrogens (tertiary/aromatic N) is 2. The number of benzene rings is 1. The summed E-state index contributed by atoms with van der Waals surface area (Å²) in [6.07, 6.45) is 2.40. The molecule has 1 aromatic carbocycles. The molecule has 0 amide bonds. The molecule has 0 saturated heterocycles. The van der Waals surface area contributed by atoms with Crippen molar-refractivity contribution in [1.29, 1.82) is 0 Å². The third kappa shape index (κ3) is 1.83. The first-order valence-corrected chi connectivity index (χ1v) is 6.32. The molecule has 0 bridgehead atoms. The molecular weight excluding hydrogens is 322 g/mol. The van der Waals surface area contributed by atoms with Crippen molar-refractivity contribution in [1.82, 2.24) is 9.97 Å². The molecule has 2 nitrogen and oxygen atoms in total. The van der Waals surface area contributed by atoms with Gasteiger partial charge in [-0.25, -0.2) is 9.97 Å². The third-order valence-electron chi connectivity index (χ3n) is 2.57. The van der Waals surface area contributed by atoms with Gasteiger partial charge < -0.3 is 0 Å². The first-order valence-electron chi connectivity index (χ1n) is 4.87. The van der Waals surface area contributed by atoms with E-state index >= 15 is 0 Å². The number of fused-ring (bicyclic) bond motifs is 1. The van der Waals surface area contributed by atoms with Gasteiger partial charge in [-0.15, -0.1) is 0 Å². The summed E-state index contributed by atoms with van der Waals surface area (Å²) < 4.78 is 1.16. The van der Waals surface area contributed by atoms with E-state index in [1.54, 1.807) is 0 Å². The fourth-order valence-electron chi connectivity index (χ4n) is 1.60. The monoisotopic (exact) mass is 330 g/mol. The maximum atomic E-state index is 6.15. The van der Waals surface area contributed by atoms with Crippen LogP contribution < -0.4 is 0 Å². The highest BCUT2D eigenvalue weighted by molar-refractivity contribution is 14.1. The van der Waals surface area contributed by atoms with Crippen LogP contribution in [0.3, 0.4) is 0 Å². The highest BCUT2D eigenvalue weighted by Gasteiger charge is 2.27. The van der Waals surface area contributed by atoms with Gasteiger partial charge in [0.15, 0.2) is 0 Å². The summed E-state index contributed by atoms with van der Waals surface area (Å²) in [6, 6.07) is 6.08. The van der Waals surface area contributed by atoms with Crippen molar-refractivity contribution in [2.75, 3.05) is 0 Å². The zero-order valence-corrected chi connectivity index (χ0v) is 10.8. The molecule has 0 spiro atoms. The van der Waals surface area contributed by atoms with Crippen LogP contribution in [0.25, 0.3) is 10.9 Å². The molecule has 2 aromatic rings. The van der Waals surface area contributed by atoms with Gasteiger partial charge in [-0.2, -0.15) is 0 Å². The predicted molar refractivity (Wildman–Crippen MR) is 69.2 cm³/mol. The average Bonchev–Trinajstić information content (AvgIpc) is 3.02. The molecule has 1 aliphatic carbocycles. The van der Waals surface area contributed by atoms with Crippen molar-refractivity contribution in [2.45, 2.75) is 18.8 Å². The van der Waals surface area contributed by atoms with E-state index in [4.69, 9.17) is 11.6 Å². The molecule has 76 valence electrons. The van der Waals surface area contributed by atoms with Crippen LogP contribution in [0.1, 0.15) is 24.6 Å². The molecule has 0 aliphatic heterocycles. The Hall–Kier alpha value is -0.420. The van der Waals surface area contributed by atoms with Crippen LogP contribution in [0.2, 0.25) is 5.15 Å². The van der Waals surface area contributed by atoms with Gasteiger partial charge in [-0.1, -0.05) is 11.6 Å². The molecule has 1 aromatic heterocycles. The minimum Gasteiger partial charge on any atom is -0.232 e. The number of rotatable bonds is 1. The molecule has 0 radical (unpaired) electrons. The number of hydrogen-bond donors (Lipinski definition) is 0. The summed E-state index contributed by atoms with van der Waals surface area (Å²) in [4.78, 5) is 8.90. The van der Waals surface area contributed by atoms with Gasteiger partial charge in [-0.05, 0) is 53.6 Å². The van der Waals surface area contributed by atoms with Crippen molar-refractivity contribution in [3.8, 4) is 0 Å². The Morgan fingerprint density at radius 1 is 1.27 bits per heavy atom. The Balaban J connectivity index is 2.26. The molecule has 1 heterocycles. The van der Waals surface area contributed by atoms with Crippen LogP contribution in [0.5, 0.6) is 0 Å². The Morgan fingerprint density at radius 2 is 2.07 bits per heavy atom. The van der Waals surface area contributed by atoms with Gasteiger partial charge in [0, 0.05) is 14.9 Å². The lowest BCUT2D eigenvalue weighted by Crippen LogP contribution is -1.94. The standard InChI is InChI=1S/C11H8ClIN2/c12-10-8-5-7(13)3-4-9(8)14-11(15-10)6-1-2-6/h3-6H,1-2H2. The Bertz CT molecular complexity index is 537. The lowest BCUT2D eigenvalue weighted by molar-refractivity contribution is 0.948. The summed E-state index contributed by atoms with van der Waals surface area (Å²) in [5, 5.41) is 1.54. The Morgan fingerprint density at radius 3 is 2.80 bits per heavy atom. The first kappa shape index (κ1) is 9.78. The smallest absolute Gasteiger partial charge is 0.140 e. The normalized spacial score (nSPS) is 15.9. The molecule has 1 fully saturated rings. The van der Waals surface area contributed by atoms with E-state index in [0.29, 0.717) is 11.1 Å². The fraction of sp³-hybridized carbons (Fsp3) is 0.273. The Labute approximate surface area is 106 Å². The van der Waals surface area contributed by atoms with Crippen LogP contribution in [-0.4, -0.2) is 9.97 Å². The fourth-order valence-corrected chi connectivity index (χ4v) is 2.33. The average molecular weight is 331 g/mol. The van der Waals surface area contributed by atoms with Gasteiger partial charge in [0.25, 0.3) is 0 Å². The number of aromatic nitrogens is 2. The van der Waals surface area contributed by atoms with Crippen molar-refractivity contribution in [3.63, 3.8) is 0 Å². The van der Waals surface area contributed by atoms with E-state index in [0.717, 1.165) is 20.3 Å². The summed E-state index contributed by atoms with van der Waals surface area (Å²) >= 11 is 8.42. The maximum absolute atomic E-state index is 6.15. The van der Waals surface area contributed by atoms with Crippen LogP contribution in [0.4, 0.5) is 0 Å². The lowest BCUT2D eigenvalue weighted by atomic mass is 10.2. The first-order chi connectivity index (χ1) is 7.24. The molecule has 0 unspecified atom stereocenters. The molecule has 15 heavy (non-hydrogen) atoms. The second kappa shape index (κ2) is 3.56. The summed E-state index contributed by atoms with van der Waals surface area (Å²) in [7, 11) is 0. The highest BCUT2D eigenvalue weighted by atomic mass is 127. The van der Waals surface area contributed by atoms with Crippen LogP contribution in [0.15, 0.2) is 18.2 Å². The van der Waals surface area contributed by atoms with E-state index in [9.17, 15) is 0 Å². The molecule has 0 N–H and O–H groups in total.